The number of ether oxygens (including phenoxy) is 1. The van der Waals surface area contributed by atoms with Gasteiger partial charge in [-0.05, 0) is 50.7 Å². The van der Waals surface area contributed by atoms with Crippen molar-refractivity contribution in [3.8, 4) is 0 Å². The summed E-state index contributed by atoms with van der Waals surface area (Å²) in [5, 5.41) is 5.89. The summed E-state index contributed by atoms with van der Waals surface area (Å²) in [4.78, 5) is 51.3. The van der Waals surface area contributed by atoms with E-state index in [1.807, 2.05) is 13.8 Å². The van der Waals surface area contributed by atoms with E-state index < -0.39 is 23.7 Å². The van der Waals surface area contributed by atoms with Crippen LogP contribution in [0.5, 0.6) is 0 Å². The van der Waals surface area contributed by atoms with Crippen molar-refractivity contribution in [3.63, 3.8) is 0 Å². The lowest BCUT2D eigenvalue weighted by atomic mass is 10.1. The zero-order chi connectivity index (χ0) is 22.7. The van der Waals surface area contributed by atoms with Crippen molar-refractivity contribution in [2.75, 3.05) is 18.5 Å². The molecule has 0 fully saturated rings. The molecule has 0 saturated heterocycles. The van der Waals surface area contributed by atoms with Crippen LogP contribution < -0.4 is 10.6 Å². The molecule has 0 saturated carbocycles. The Morgan fingerprint density at radius 1 is 1.13 bits per heavy atom. The minimum absolute atomic E-state index is 0.0131. The second-order valence-electron chi connectivity index (χ2n) is 6.77. The highest BCUT2D eigenvalue weighted by atomic mass is 32.1. The molecule has 1 aliphatic rings. The zero-order valence-electron chi connectivity index (χ0n) is 17.2. The number of benzene rings is 1. The molecule has 1 aromatic heterocycles. The van der Waals surface area contributed by atoms with Gasteiger partial charge in [-0.25, -0.2) is 4.79 Å². The van der Waals surface area contributed by atoms with Gasteiger partial charge in [0.15, 0.2) is 5.11 Å². The number of amides is 3. The van der Waals surface area contributed by atoms with Gasteiger partial charge >= 0.3 is 5.97 Å². The maximum atomic E-state index is 12.4. The lowest BCUT2D eigenvalue weighted by molar-refractivity contribution is -0.119. The Bertz CT molecular complexity index is 1060. The SMILES string of the molecule is CCOC(=O)c1c(NC(=S)NC(=O)CCN2C(=O)c3ccccc3C2=O)sc(C)c1C. The Kier molecular flexibility index (Phi) is 6.81. The van der Waals surface area contributed by atoms with Crippen LogP contribution in [0.2, 0.25) is 0 Å². The standard InChI is InChI=1S/C21H21N3O5S2/c1-4-29-20(28)16-11(2)12(3)31-17(16)23-21(30)22-15(25)9-10-24-18(26)13-7-5-6-8-14(13)19(24)27/h5-8H,4,9-10H2,1-3H3,(H2,22,23,25,30). The Balaban J connectivity index is 1.58. The molecular weight excluding hydrogens is 438 g/mol. The first-order valence-corrected chi connectivity index (χ1v) is 10.8. The summed E-state index contributed by atoms with van der Waals surface area (Å²) in [6, 6.07) is 6.54. The molecule has 3 rings (SSSR count). The van der Waals surface area contributed by atoms with Gasteiger partial charge in [-0.2, -0.15) is 0 Å². The summed E-state index contributed by atoms with van der Waals surface area (Å²) >= 11 is 6.52. The molecular formula is C21H21N3O5S2. The summed E-state index contributed by atoms with van der Waals surface area (Å²) in [6.45, 7) is 5.58. The molecule has 0 aliphatic carbocycles. The maximum absolute atomic E-state index is 12.4. The summed E-state index contributed by atoms with van der Waals surface area (Å²) < 4.78 is 5.10. The van der Waals surface area contributed by atoms with E-state index >= 15 is 0 Å². The number of carbonyl (C=O) groups is 4. The highest BCUT2D eigenvalue weighted by Gasteiger charge is 2.35. The van der Waals surface area contributed by atoms with Gasteiger partial charge in [0.2, 0.25) is 5.91 Å². The topological polar surface area (TPSA) is 105 Å². The number of aryl methyl sites for hydroxylation is 1. The van der Waals surface area contributed by atoms with Gasteiger partial charge in [0.1, 0.15) is 5.00 Å². The number of hydrogen-bond donors (Lipinski definition) is 2. The summed E-state index contributed by atoms with van der Waals surface area (Å²) in [6.07, 6.45) is -0.111. The highest BCUT2D eigenvalue weighted by molar-refractivity contribution is 7.80. The number of thiocarbonyl (C=S) groups is 1. The van der Waals surface area contributed by atoms with E-state index in [0.717, 1.165) is 15.3 Å². The first-order valence-electron chi connectivity index (χ1n) is 9.57. The molecule has 3 amide bonds. The number of carbonyl (C=O) groups excluding carboxylic acids is 4. The van der Waals surface area contributed by atoms with Crippen LogP contribution in [0.15, 0.2) is 24.3 Å². The Hall–Kier alpha value is -3.11. The molecule has 0 atom stereocenters. The van der Waals surface area contributed by atoms with Crippen LogP contribution in [0, 0.1) is 13.8 Å². The van der Waals surface area contributed by atoms with Crippen LogP contribution in [0.1, 0.15) is 54.9 Å². The number of nitrogens with zero attached hydrogens (tertiary/aromatic N) is 1. The molecule has 1 aromatic carbocycles. The monoisotopic (exact) mass is 459 g/mol. The number of fused-ring (bicyclic) bond motifs is 1. The normalized spacial score (nSPS) is 12.5. The van der Waals surface area contributed by atoms with Crippen LogP contribution in [0.3, 0.4) is 0 Å². The first-order chi connectivity index (χ1) is 14.7. The Morgan fingerprint density at radius 3 is 2.32 bits per heavy atom. The van der Waals surface area contributed by atoms with E-state index in [2.05, 4.69) is 10.6 Å². The number of rotatable bonds is 6. The number of imide groups is 1. The minimum Gasteiger partial charge on any atom is -0.462 e. The number of esters is 1. The van der Waals surface area contributed by atoms with E-state index in [4.69, 9.17) is 17.0 Å². The third-order valence-corrected chi connectivity index (χ3v) is 6.11. The lowest BCUT2D eigenvalue weighted by Crippen LogP contribution is -2.38. The lowest BCUT2D eigenvalue weighted by Gasteiger charge is -2.14. The van der Waals surface area contributed by atoms with E-state index in [-0.39, 0.29) is 24.7 Å². The molecule has 2 heterocycles. The van der Waals surface area contributed by atoms with Crippen LogP contribution in [0.25, 0.3) is 0 Å². The summed E-state index contributed by atoms with van der Waals surface area (Å²) in [7, 11) is 0. The number of thiophene rings is 1. The molecule has 2 N–H and O–H groups in total. The van der Waals surface area contributed by atoms with Gasteiger partial charge in [-0.1, -0.05) is 12.1 Å². The fourth-order valence-electron chi connectivity index (χ4n) is 3.14. The first kappa shape index (κ1) is 22.6. The second kappa shape index (κ2) is 9.36. The quantitative estimate of drug-likeness (QED) is 0.389. The summed E-state index contributed by atoms with van der Waals surface area (Å²) in [5.41, 5.74) is 1.83. The van der Waals surface area contributed by atoms with Gasteiger partial charge in [-0.3, -0.25) is 19.3 Å². The van der Waals surface area contributed by atoms with Gasteiger partial charge in [-0.15, -0.1) is 11.3 Å². The largest absolute Gasteiger partial charge is 0.462 e. The summed E-state index contributed by atoms with van der Waals surface area (Å²) in [5.74, 6) is -1.77. The average molecular weight is 460 g/mol. The molecule has 0 spiro atoms. The van der Waals surface area contributed by atoms with Crippen molar-refractivity contribution < 1.29 is 23.9 Å². The third-order valence-electron chi connectivity index (χ3n) is 4.79. The number of anilines is 1. The molecule has 8 nitrogen and oxygen atoms in total. The predicted octanol–water partition coefficient (Wildman–Crippen LogP) is 3.04. The van der Waals surface area contributed by atoms with Gasteiger partial charge < -0.3 is 15.4 Å². The molecule has 1 aliphatic heterocycles. The van der Waals surface area contributed by atoms with Crippen LogP contribution in [-0.4, -0.2) is 46.9 Å². The average Bonchev–Trinajstić information content (AvgIpc) is 3.13. The van der Waals surface area contributed by atoms with Gasteiger partial charge in [0.05, 0.1) is 23.3 Å². The van der Waals surface area contributed by atoms with Crippen molar-refractivity contribution in [2.24, 2.45) is 0 Å². The Morgan fingerprint density at radius 2 is 1.74 bits per heavy atom. The maximum Gasteiger partial charge on any atom is 0.341 e. The minimum atomic E-state index is -0.466. The fraction of sp³-hybridized carbons (Fsp3) is 0.286. The molecule has 162 valence electrons. The zero-order valence-corrected chi connectivity index (χ0v) is 18.9. The van der Waals surface area contributed by atoms with Crippen molar-refractivity contribution in [1.82, 2.24) is 10.2 Å². The molecule has 0 unspecified atom stereocenters. The van der Waals surface area contributed by atoms with Crippen LogP contribution >= 0.6 is 23.6 Å². The van der Waals surface area contributed by atoms with Crippen molar-refractivity contribution >= 4 is 57.4 Å². The highest BCUT2D eigenvalue weighted by Crippen LogP contribution is 2.33. The van der Waals surface area contributed by atoms with Crippen molar-refractivity contribution in [3.05, 3.63) is 51.4 Å². The van der Waals surface area contributed by atoms with E-state index in [1.54, 1.807) is 31.2 Å². The van der Waals surface area contributed by atoms with E-state index in [1.165, 1.54) is 11.3 Å². The molecule has 10 heteroatoms. The van der Waals surface area contributed by atoms with E-state index in [9.17, 15) is 19.2 Å². The fourth-order valence-corrected chi connectivity index (χ4v) is 4.48. The Labute approximate surface area is 188 Å². The van der Waals surface area contributed by atoms with E-state index in [0.29, 0.717) is 21.7 Å². The molecule has 0 radical (unpaired) electrons. The van der Waals surface area contributed by atoms with Crippen molar-refractivity contribution in [1.29, 1.82) is 0 Å². The number of hydrogen-bond acceptors (Lipinski definition) is 7. The number of nitrogens with one attached hydrogen (secondary N) is 2. The molecule has 0 bridgehead atoms. The predicted molar refractivity (Wildman–Crippen MR) is 121 cm³/mol. The molecule has 2 aromatic rings. The third kappa shape index (κ3) is 4.64. The van der Waals surface area contributed by atoms with Crippen LogP contribution in [0.4, 0.5) is 5.00 Å². The van der Waals surface area contributed by atoms with Gasteiger partial charge in [0, 0.05) is 17.8 Å². The smallest absolute Gasteiger partial charge is 0.341 e. The van der Waals surface area contributed by atoms with Gasteiger partial charge in [0.25, 0.3) is 11.8 Å². The molecule has 31 heavy (non-hydrogen) atoms. The second-order valence-corrected chi connectivity index (χ2v) is 8.40. The van der Waals surface area contributed by atoms with Crippen molar-refractivity contribution in [2.45, 2.75) is 27.2 Å². The van der Waals surface area contributed by atoms with Crippen LogP contribution in [-0.2, 0) is 9.53 Å².